The molecule has 14 heteroatoms. The third kappa shape index (κ3) is 3.85. The van der Waals surface area contributed by atoms with Crippen molar-refractivity contribution in [2.45, 2.75) is 43.8 Å². The van der Waals surface area contributed by atoms with Gasteiger partial charge in [-0.1, -0.05) is 16.9 Å². The minimum Gasteiger partial charge on any atom is -0.372 e. The van der Waals surface area contributed by atoms with Gasteiger partial charge >= 0.3 is 6.03 Å². The Kier molecular flexibility index (Phi) is 6.36. The van der Waals surface area contributed by atoms with Crippen LogP contribution < -0.4 is 26.2 Å². The smallest absolute Gasteiger partial charge is 0.321 e. The maximum atomic E-state index is 16.1. The molecule has 12 nitrogen and oxygen atoms in total. The number of nitrogens with zero attached hydrogens (tertiary/aromatic N) is 3. The average Bonchev–Trinajstić information content (AvgIpc) is 3.45. The molecule has 0 radical (unpaired) electrons. The van der Waals surface area contributed by atoms with Gasteiger partial charge in [-0.3, -0.25) is 19.8 Å². The van der Waals surface area contributed by atoms with E-state index in [-0.39, 0.29) is 65.1 Å². The molecular weight excluding hydrogens is 507 g/mol. The minimum atomic E-state index is -1.76. The number of morpholine rings is 1. The molecule has 2 aromatic rings. The van der Waals surface area contributed by atoms with Crippen LogP contribution in [0.4, 0.5) is 25.5 Å². The van der Waals surface area contributed by atoms with E-state index in [0.717, 1.165) is 11.8 Å². The van der Waals surface area contributed by atoms with Crippen molar-refractivity contribution in [3.05, 3.63) is 17.4 Å². The van der Waals surface area contributed by atoms with Crippen LogP contribution in [0.25, 0.3) is 11.0 Å². The number of aldehydes is 1. The quantitative estimate of drug-likeness (QED) is 0.383. The first-order valence-electron chi connectivity index (χ1n) is 11.9. The van der Waals surface area contributed by atoms with E-state index in [1.54, 1.807) is 17.9 Å². The van der Waals surface area contributed by atoms with E-state index in [4.69, 9.17) is 15.0 Å². The van der Waals surface area contributed by atoms with Crippen LogP contribution in [-0.2, 0) is 20.7 Å². The number of thioether (sulfide) groups is 1. The molecule has 198 valence electrons. The molecule has 2 saturated heterocycles. The van der Waals surface area contributed by atoms with E-state index in [0.29, 0.717) is 11.8 Å². The third-order valence-corrected chi connectivity index (χ3v) is 8.29. The van der Waals surface area contributed by atoms with Gasteiger partial charge in [-0.25, -0.2) is 9.18 Å². The Hall–Kier alpha value is -3.23. The van der Waals surface area contributed by atoms with Crippen LogP contribution in [0.2, 0.25) is 0 Å². The number of imide groups is 1. The van der Waals surface area contributed by atoms with E-state index >= 15 is 4.39 Å². The van der Waals surface area contributed by atoms with Gasteiger partial charge in [0.15, 0.2) is 11.6 Å². The number of carbonyl (C=O) groups is 4. The molecule has 2 fully saturated rings. The highest BCUT2D eigenvalue weighted by Gasteiger charge is 2.57. The molecule has 0 spiro atoms. The van der Waals surface area contributed by atoms with Crippen LogP contribution in [0.15, 0.2) is 10.6 Å². The largest absolute Gasteiger partial charge is 0.372 e. The molecule has 0 saturated carbocycles. The zero-order chi connectivity index (χ0) is 26.6. The molecule has 5 atom stereocenters. The van der Waals surface area contributed by atoms with Crippen molar-refractivity contribution in [3.63, 3.8) is 0 Å². The predicted molar refractivity (Wildman–Crippen MR) is 133 cm³/mol. The number of aromatic nitrogens is 1. The lowest BCUT2D eigenvalue weighted by atomic mass is 9.68. The summed E-state index contributed by atoms with van der Waals surface area (Å²) in [6.45, 7) is 4.27. The van der Waals surface area contributed by atoms with E-state index in [1.807, 2.05) is 6.92 Å². The second-order valence-electron chi connectivity index (χ2n) is 9.55. The monoisotopic (exact) mass is 534 g/mol. The SMILES string of the molecule is CNC(=O)NC(=O)C1(C=O)Cc2cc3c(N4CC(CN)SC4=O)noc3c(F)c2N2C[C@@H](C)O[C@@H](C)C21. The normalized spacial score (nSPS) is 29.2. The number of amides is 4. The van der Waals surface area contributed by atoms with Crippen molar-refractivity contribution < 1.29 is 32.8 Å². The van der Waals surface area contributed by atoms with Crippen LogP contribution in [-0.4, -0.2) is 78.8 Å². The van der Waals surface area contributed by atoms with E-state index < -0.39 is 35.3 Å². The number of halogens is 1. The lowest BCUT2D eigenvalue weighted by Crippen LogP contribution is -2.68. The van der Waals surface area contributed by atoms with Gasteiger partial charge < -0.3 is 30.0 Å². The lowest BCUT2D eigenvalue weighted by Gasteiger charge is -2.53. The summed E-state index contributed by atoms with van der Waals surface area (Å²) in [5.74, 6) is -1.39. The number of nitrogens with one attached hydrogen (secondary N) is 2. The Balaban J connectivity index is 1.68. The molecule has 4 amide bonds. The fourth-order valence-corrected chi connectivity index (χ4v) is 6.55. The number of fused-ring (bicyclic) bond motifs is 4. The molecule has 4 N–H and O–H groups in total. The number of hydrogen-bond donors (Lipinski definition) is 3. The molecule has 5 rings (SSSR count). The first-order valence-corrected chi connectivity index (χ1v) is 12.7. The second-order valence-corrected chi connectivity index (χ2v) is 10.8. The van der Waals surface area contributed by atoms with Crippen molar-refractivity contribution in [2.24, 2.45) is 11.1 Å². The summed E-state index contributed by atoms with van der Waals surface area (Å²) in [6, 6.07) is -0.0712. The van der Waals surface area contributed by atoms with Gasteiger partial charge in [0.2, 0.25) is 11.5 Å². The Bertz CT molecular complexity index is 1300. The van der Waals surface area contributed by atoms with Gasteiger partial charge in [-0.15, -0.1) is 0 Å². The van der Waals surface area contributed by atoms with Crippen molar-refractivity contribution in [1.82, 2.24) is 15.8 Å². The maximum Gasteiger partial charge on any atom is 0.321 e. The fourth-order valence-electron chi connectivity index (χ4n) is 5.66. The van der Waals surface area contributed by atoms with Crippen LogP contribution in [0.3, 0.4) is 0 Å². The number of carbonyl (C=O) groups excluding carboxylic acids is 4. The zero-order valence-electron chi connectivity index (χ0n) is 20.4. The summed E-state index contributed by atoms with van der Waals surface area (Å²) in [7, 11) is 1.35. The highest BCUT2D eigenvalue weighted by Crippen LogP contribution is 2.48. The molecule has 37 heavy (non-hydrogen) atoms. The first kappa shape index (κ1) is 25.4. The molecule has 0 bridgehead atoms. The maximum absolute atomic E-state index is 16.1. The van der Waals surface area contributed by atoms with Crippen molar-refractivity contribution >= 4 is 57.7 Å². The van der Waals surface area contributed by atoms with Crippen LogP contribution in [0.5, 0.6) is 0 Å². The molecule has 1 aromatic carbocycles. The summed E-state index contributed by atoms with van der Waals surface area (Å²) in [5.41, 5.74) is 4.35. The van der Waals surface area contributed by atoms with Gasteiger partial charge in [0, 0.05) is 31.9 Å². The van der Waals surface area contributed by atoms with E-state index in [2.05, 4.69) is 15.8 Å². The van der Waals surface area contributed by atoms with Gasteiger partial charge in [0.25, 0.3) is 5.24 Å². The molecule has 0 aliphatic carbocycles. The Morgan fingerprint density at radius 3 is 2.78 bits per heavy atom. The van der Waals surface area contributed by atoms with Crippen molar-refractivity contribution in [2.75, 3.05) is 36.5 Å². The molecule has 1 aromatic heterocycles. The first-order chi connectivity index (χ1) is 17.6. The number of hydrogen-bond acceptors (Lipinski definition) is 10. The Morgan fingerprint density at radius 1 is 1.38 bits per heavy atom. The summed E-state index contributed by atoms with van der Waals surface area (Å²) >= 11 is 1.07. The van der Waals surface area contributed by atoms with Gasteiger partial charge in [-0.05, 0) is 31.9 Å². The molecule has 3 unspecified atom stereocenters. The Labute approximate surface area is 215 Å². The van der Waals surface area contributed by atoms with Gasteiger partial charge in [-0.2, -0.15) is 0 Å². The minimum absolute atomic E-state index is 0.137. The standard InChI is InChI=1S/C23H27FN6O6S/c1-10-7-29-16-12(5-23(9-31,18(29)11(2)35-10)20(32)27-21(33)26-3)4-14-17(15(16)24)36-28-19(14)30-8-13(6-25)37-22(30)34/h4,9-11,13,18H,5-8,25H2,1-3H3,(H2,26,27,32,33)/t10-,11+,13?,18?,23?/m1/s1. The molecule has 3 aliphatic rings. The van der Waals surface area contributed by atoms with Crippen LogP contribution >= 0.6 is 11.8 Å². The van der Waals surface area contributed by atoms with Crippen molar-refractivity contribution in [3.8, 4) is 0 Å². The van der Waals surface area contributed by atoms with Crippen LogP contribution in [0.1, 0.15) is 19.4 Å². The van der Waals surface area contributed by atoms with E-state index in [9.17, 15) is 19.2 Å². The number of urea groups is 1. The van der Waals surface area contributed by atoms with Crippen molar-refractivity contribution in [1.29, 1.82) is 0 Å². The highest BCUT2D eigenvalue weighted by atomic mass is 32.2. The van der Waals surface area contributed by atoms with Gasteiger partial charge in [0.1, 0.15) is 11.7 Å². The average molecular weight is 535 g/mol. The number of ether oxygens (including phenoxy) is 1. The Morgan fingerprint density at radius 2 is 2.14 bits per heavy atom. The summed E-state index contributed by atoms with van der Waals surface area (Å²) < 4.78 is 27.5. The number of rotatable bonds is 4. The summed E-state index contributed by atoms with van der Waals surface area (Å²) in [5, 5.41) is 8.32. The van der Waals surface area contributed by atoms with E-state index in [1.165, 1.54) is 11.9 Å². The lowest BCUT2D eigenvalue weighted by molar-refractivity contribution is -0.144. The topological polar surface area (TPSA) is 160 Å². The third-order valence-electron chi connectivity index (χ3n) is 7.20. The second kappa shape index (κ2) is 9.26. The molecular formula is C23H27FN6O6S. The molecule has 3 aliphatic heterocycles. The molecule has 4 heterocycles. The number of nitrogens with two attached hydrogens (primary N) is 1. The predicted octanol–water partition coefficient (Wildman–Crippen LogP) is 1.15. The summed E-state index contributed by atoms with van der Waals surface area (Å²) in [6.07, 6.45) is -0.685. The number of benzene rings is 1. The highest BCUT2D eigenvalue weighted by molar-refractivity contribution is 8.14. The zero-order valence-corrected chi connectivity index (χ0v) is 21.3. The van der Waals surface area contributed by atoms with Gasteiger partial charge in [0.05, 0.1) is 29.3 Å². The fraction of sp³-hybridized carbons (Fsp3) is 0.522. The number of anilines is 2. The summed E-state index contributed by atoms with van der Waals surface area (Å²) in [4.78, 5) is 53.7. The van der Waals surface area contributed by atoms with Crippen LogP contribution in [0, 0.1) is 11.2 Å².